The minimum absolute atomic E-state index is 0.161. The van der Waals surface area contributed by atoms with Crippen LogP contribution in [0, 0.1) is 23.4 Å². The molecule has 0 aliphatic rings. The first kappa shape index (κ1) is 19.0. The van der Waals surface area contributed by atoms with Crippen LogP contribution >= 0.6 is 0 Å². The van der Waals surface area contributed by atoms with E-state index < -0.39 is 28.8 Å². The molecule has 1 aromatic carbocycles. The molecule has 8 heteroatoms. The maximum atomic E-state index is 14.9. The molecule has 142 valence electrons. The van der Waals surface area contributed by atoms with Crippen LogP contribution in [0.25, 0.3) is 0 Å². The zero-order valence-electron chi connectivity index (χ0n) is 15.3. The Morgan fingerprint density at radius 3 is 2.41 bits per heavy atom. The van der Waals surface area contributed by atoms with Crippen molar-refractivity contribution >= 4 is 0 Å². The molecule has 2 aromatic heterocycles. The zero-order chi connectivity index (χ0) is 19.6. The van der Waals surface area contributed by atoms with Crippen molar-refractivity contribution in [2.75, 3.05) is 0 Å². The van der Waals surface area contributed by atoms with Gasteiger partial charge in [0.05, 0.1) is 18.4 Å². The molecule has 3 aromatic rings. The standard InChI is InChI=1S/C19H20F3N5/c1-12(2)19(8-27-11-24-10-26-27,15-5-4-14(20)6-16(15)21)13(3)18-17(22)7-23-9-25-18/h4-7,9-13H,8H2,1-3H3. The van der Waals surface area contributed by atoms with Gasteiger partial charge in [0.25, 0.3) is 0 Å². The summed E-state index contributed by atoms with van der Waals surface area (Å²) in [7, 11) is 0. The van der Waals surface area contributed by atoms with Crippen molar-refractivity contribution in [2.24, 2.45) is 5.92 Å². The minimum atomic E-state index is -0.958. The SMILES string of the molecule is CC(C)C(Cn1cncn1)(c1ccc(F)cc1F)C(C)c1ncncc1F. The Balaban J connectivity index is 2.25. The van der Waals surface area contributed by atoms with Crippen molar-refractivity contribution in [2.45, 2.75) is 38.6 Å². The summed E-state index contributed by atoms with van der Waals surface area (Å²) in [6.07, 6.45) is 5.24. The second-order valence-corrected chi connectivity index (χ2v) is 6.89. The van der Waals surface area contributed by atoms with Crippen LogP contribution in [0.2, 0.25) is 0 Å². The Hall–Kier alpha value is -2.77. The number of hydrogen-bond acceptors (Lipinski definition) is 4. The first-order valence-corrected chi connectivity index (χ1v) is 8.59. The molecule has 2 heterocycles. The molecular weight excluding hydrogens is 355 g/mol. The lowest BCUT2D eigenvalue weighted by Gasteiger charge is -2.43. The number of nitrogens with zero attached hydrogens (tertiary/aromatic N) is 5. The maximum Gasteiger partial charge on any atom is 0.163 e. The molecule has 0 fully saturated rings. The highest BCUT2D eigenvalue weighted by atomic mass is 19.1. The van der Waals surface area contributed by atoms with Crippen LogP contribution in [0.15, 0.2) is 43.4 Å². The average molecular weight is 375 g/mol. The first-order valence-electron chi connectivity index (χ1n) is 8.59. The van der Waals surface area contributed by atoms with E-state index in [0.717, 1.165) is 12.3 Å². The van der Waals surface area contributed by atoms with Gasteiger partial charge in [-0.05, 0) is 17.5 Å². The molecule has 2 atom stereocenters. The Bertz CT molecular complexity index is 913. The van der Waals surface area contributed by atoms with E-state index in [1.54, 1.807) is 11.6 Å². The van der Waals surface area contributed by atoms with E-state index >= 15 is 0 Å². The van der Waals surface area contributed by atoms with Crippen LogP contribution in [0.4, 0.5) is 13.2 Å². The number of halogens is 3. The third-order valence-corrected chi connectivity index (χ3v) is 5.23. The molecule has 0 aliphatic carbocycles. The summed E-state index contributed by atoms with van der Waals surface area (Å²) in [5.41, 5.74) is -0.511. The second kappa shape index (κ2) is 7.46. The normalized spacial score (nSPS) is 14.9. The Morgan fingerprint density at radius 1 is 1.04 bits per heavy atom. The molecule has 0 aliphatic heterocycles. The van der Waals surface area contributed by atoms with E-state index in [9.17, 15) is 13.2 Å². The molecule has 0 amide bonds. The van der Waals surface area contributed by atoms with Gasteiger partial charge in [0.15, 0.2) is 5.82 Å². The quantitative estimate of drug-likeness (QED) is 0.656. The van der Waals surface area contributed by atoms with Crippen LogP contribution in [0.1, 0.15) is 37.9 Å². The second-order valence-electron chi connectivity index (χ2n) is 6.89. The minimum Gasteiger partial charge on any atom is -0.252 e. The van der Waals surface area contributed by atoms with E-state index in [2.05, 4.69) is 20.1 Å². The molecule has 0 saturated carbocycles. The summed E-state index contributed by atoms with van der Waals surface area (Å²) < 4.78 is 44.5. The molecule has 5 nitrogen and oxygen atoms in total. The predicted molar refractivity (Wildman–Crippen MR) is 93.3 cm³/mol. The summed E-state index contributed by atoms with van der Waals surface area (Å²) in [6.45, 7) is 5.83. The number of hydrogen-bond donors (Lipinski definition) is 0. The van der Waals surface area contributed by atoms with E-state index in [0.29, 0.717) is 0 Å². The lowest BCUT2D eigenvalue weighted by Crippen LogP contribution is -2.43. The van der Waals surface area contributed by atoms with E-state index in [4.69, 9.17) is 0 Å². The van der Waals surface area contributed by atoms with Gasteiger partial charge < -0.3 is 0 Å². The molecule has 0 N–H and O–H groups in total. The van der Waals surface area contributed by atoms with Gasteiger partial charge in [-0.15, -0.1) is 0 Å². The fraction of sp³-hybridized carbons (Fsp3) is 0.368. The summed E-state index contributed by atoms with van der Waals surface area (Å²) in [5, 5.41) is 4.14. The molecule has 2 unspecified atom stereocenters. The summed E-state index contributed by atoms with van der Waals surface area (Å²) in [6, 6.07) is 3.47. The average Bonchev–Trinajstić information content (AvgIpc) is 3.13. The Labute approximate surface area is 155 Å². The van der Waals surface area contributed by atoms with Crippen LogP contribution < -0.4 is 0 Å². The van der Waals surface area contributed by atoms with Gasteiger partial charge >= 0.3 is 0 Å². The van der Waals surface area contributed by atoms with E-state index in [1.807, 2.05) is 13.8 Å². The number of rotatable bonds is 6. The predicted octanol–water partition coefficient (Wildman–Crippen LogP) is 3.88. The Morgan fingerprint density at radius 2 is 1.81 bits per heavy atom. The first-order chi connectivity index (χ1) is 12.9. The highest BCUT2D eigenvalue weighted by Gasteiger charge is 2.45. The molecule has 0 spiro atoms. The topological polar surface area (TPSA) is 56.5 Å². The van der Waals surface area contributed by atoms with Gasteiger partial charge in [-0.25, -0.2) is 28.1 Å². The highest BCUT2D eigenvalue weighted by molar-refractivity contribution is 5.34. The lowest BCUT2D eigenvalue weighted by atomic mass is 9.62. The smallest absolute Gasteiger partial charge is 0.163 e. The molecular formula is C19H20F3N5. The number of aromatic nitrogens is 5. The van der Waals surface area contributed by atoms with Crippen LogP contribution in [0.3, 0.4) is 0 Å². The maximum absolute atomic E-state index is 14.9. The fourth-order valence-corrected chi connectivity index (χ4v) is 3.78. The fourth-order valence-electron chi connectivity index (χ4n) is 3.78. The largest absolute Gasteiger partial charge is 0.252 e. The van der Waals surface area contributed by atoms with Gasteiger partial charge in [0, 0.05) is 17.4 Å². The lowest BCUT2D eigenvalue weighted by molar-refractivity contribution is 0.199. The Kier molecular flexibility index (Phi) is 5.25. The molecule has 27 heavy (non-hydrogen) atoms. The summed E-state index contributed by atoms with van der Waals surface area (Å²) in [4.78, 5) is 11.7. The van der Waals surface area contributed by atoms with E-state index in [-0.39, 0.29) is 23.7 Å². The summed E-state index contributed by atoms with van der Waals surface area (Å²) in [5.74, 6) is -2.65. The summed E-state index contributed by atoms with van der Waals surface area (Å²) >= 11 is 0. The molecule has 0 saturated heterocycles. The van der Waals surface area contributed by atoms with Crippen molar-refractivity contribution < 1.29 is 13.2 Å². The van der Waals surface area contributed by atoms with Gasteiger partial charge in [0.2, 0.25) is 0 Å². The zero-order valence-corrected chi connectivity index (χ0v) is 15.3. The molecule has 3 rings (SSSR count). The van der Waals surface area contributed by atoms with Gasteiger partial charge in [-0.3, -0.25) is 4.68 Å². The van der Waals surface area contributed by atoms with Gasteiger partial charge in [0.1, 0.15) is 30.6 Å². The monoisotopic (exact) mass is 375 g/mol. The van der Waals surface area contributed by atoms with Crippen LogP contribution in [-0.4, -0.2) is 24.7 Å². The molecule has 0 radical (unpaired) electrons. The van der Waals surface area contributed by atoms with Crippen molar-refractivity contribution in [1.82, 2.24) is 24.7 Å². The third-order valence-electron chi connectivity index (χ3n) is 5.23. The van der Waals surface area contributed by atoms with Crippen molar-refractivity contribution in [1.29, 1.82) is 0 Å². The van der Waals surface area contributed by atoms with E-state index in [1.165, 1.54) is 31.1 Å². The highest BCUT2D eigenvalue weighted by Crippen LogP contribution is 2.47. The van der Waals surface area contributed by atoms with Crippen LogP contribution in [-0.2, 0) is 12.0 Å². The van der Waals surface area contributed by atoms with Crippen LogP contribution in [0.5, 0.6) is 0 Å². The van der Waals surface area contributed by atoms with Crippen molar-refractivity contribution in [3.05, 3.63) is 72.1 Å². The van der Waals surface area contributed by atoms with Crippen molar-refractivity contribution in [3.8, 4) is 0 Å². The number of benzene rings is 1. The molecule has 0 bridgehead atoms. The van der Waals surface area contributed by atoms with Gasteiger partial charge in [-0.2, -0.15) is 5.10 Å². The third kappa shape index (κ3) is 3.43. The van der Waals surface area contributed by atoms with Gasteiger partial charge in [-0.1, -0.05) is 26.8 Å². The van der Waals surface area contributed by atoms with Crippen molar-refractivity contribution in [3.63, 3.8) is 0 Å².